The molecule has 1 fully saturated rings. The van der Waals surface area contributed by atoms with E-state index in [-0.39, 0.29) is 24.0 Å². The van der Waals surface area contributed by atoms with E-state index < -0.39 is 6.04 Å². The van der Waals surface area contributed by atoms with Crippen LogP contribution < -0.4 is 14.8 Å². The van der Waals surface area contributed by atoms with Crippen molar-refractivity contribution < 1.29 is 19.1 Å². The standard InChI is InChI=1S/C23H25BrN2O4/c1-23(2,16-5-3-6-17(24)12-16)13-25-21(27)18-7-4-10-26(18)22(28)15-8-9-19-20(11-15)30-14-29-19/h3,5-6,8-9,11-12,18H,4,7,10,13-14H2,1-2H3,(H,25,27). The molecule has 4 rings (SSSR count). The summed E-state index contributed by atoms with van der Waals surface area (Å²) in [5, 5.41) is 3.07. The van der Waals surface area contributed by atoms with Crippen LogP contribution in [0.2, 0.25) is 0 Å². The maximum Gasteiger partial charge on any atom is 0.254 e. The molecule has 1 N–H and O–H groups in total. The normalized spacial score (nSPS) is 17.8. The van der Waals surface area contributed by atoms with Crippen molar-refractivity contribution in [2.45, 2.75) is 38.1 Å². The van der Waals surface area contributed by atoms with Crippen LogP contribution in [0.25, 0.3) is 0 Å². The zero-order valence-corrected chi connectivity index (χ0v) is 18.7. The van der Waals surface area contributed by atoms with Gasteiger partial charge in [0.25, 0.3) is 5.91 Å². The van der Waals surface area contributed by atoms with Crippen LogP contribution in [0.5, 0.6) is 11.5 Å². The van der Waals surface area contributed by atoms with Gasteiger partial charge in [0.15, 0.2) is 11.5 Å². The summed E-state index contributed by atoms with van der Waals surface area (Å²) >= 11 is 3.50. The van der Waals surface area contributed by atoms with Gasteiger partial charge >= 0.3 is 0 Å². The zero-order valence-electron chi connectivity index (χ0n) is 17.1. The predicted molar refractivity (Wildman–Crippen MR) is 117 cm³/mol. The molecule has 1 saturated heterocycles. The Morgan fingerprint density at radius 3 is 2.77 bits per heavy atom. The van der Waals surface area contributed by atoms with Gasteiger partial charge in [0.1, 0.15) is 6.04 Å². The van der Waals surface area contributed by atoms with E-state index in [9.17, 15) is 9.59 Å². The number of likely N-dealkylation sites (tertiary alicyclic amines) is 1. The molecule has 0 spiro atoms. The smallest absolute Gasteiger partial charge is 0.254 e. The highest BCUT2D eigenvalue weighted by Gasteiger charge is 2.35. The molecule has 2 aliphatic heterocycles. The number of nitrogens with one attached hydrogen (secondary N) is 1. The fourth-order valence-electron chi connectivity index (χ4n) is 3.92. The quantitative estimate of drug-likeness (QED) is 0.716. The van der Waals surface area contributed by atoms with Crippen molar-refractivity contribution in [3.63, 3.8) is 0 Å². The summed E-state index contributed by atoms with van der Waals surface area (Å²) in [6.07, 6.45) is 1.48. The van der Waals surface area contributed by atoms with E-state index in [0.29, 0.717) is 36.6 Å². The zero-order chi connectivity index (χ0) is 21.3. The first-order chi connectivity index (χ1) is 14.3. The topological polar surface area (TPSA) is 67.9 Å². The molecule has 2 aromatic carbocycles. The molecule has 158 valence electrons. The van der Waals surface area contributed by atoms with Gasteiger partial charge in [0.05, 0.1) is 0 Å². The van der Waals surface area contributed by atoms with Crippen molar-refractivity contribution in [1.29, 1.82) is 0 Å². The number of hydrogen-bond donors (Lipinski definition) is 1. The van der Waals surface area contributed by atoms with Gasteiger partial charge in [-0.3, -0.25) is 9.59 Å². The number of fused-ring (bicyclic) bond motifs is 1. The second-order valence-corrected chi connectivity index (χ2v) is 9.25. The van der Waals surface area contributed by atoms with E-state index in [1.54, 1.807) is 23.1 Å². The number of halogens is 1. The van der Waals surface area contributed by atoms with E-state index in [1.165, 1.54) is 0 Å². The van der Waals surface area contributed by atoms with Gasteiger partial charge in [-0.15, -0.1) is 0 Å². The molecule has 7 heteroatoms. The molecule has 0 bridgehead atoms. The Morgan fingerprint density at radius 1 is 1.17 bits per heavy atom. The van der Waals surface area contributed by atoms with Gasteiger partial charge < -0.3 is 19.7 Å². The maximum absolute atomic E-state index is 13.1. The van der Waals surface area contributed by atoms with Gasteiger partial charge in [-0.1, -0.05) is 41.9 Å². The Balaban J connectivity index is 1.43. The predicted octanol–water partition coefficient (Wildman–Crippen LogP) is 3.88. The minimum Gasteiger partial charge on any atom is -0.454 e. The van der Waals surface area contributed by atoms with Crippen molar-refractivity contribution >= 4 is 27.7 Å². The molecule has 2 aliphatic rings. The first kappa shape index (κ1) is 20.7. The van der Waals surface area contributed by atoms with Crippen LogP contribution in [0.3, 0.4) is 0 Å². The molecule has 1 unspecified atom stereocenters. The highest BCUT2D eigenvalue weighted by atomic mass is 79.9. The third-order valence-electron chi connectivity index (χ3n) is 5.75. The van der Waals surface area contributed by atoms with Crippen LogP contribution in [0, 0.1) is 0 Å². The summed E-state index contributed by atoms with van der Waals surface area (Å²) in [4.78, 5) is 27.7. The number of carbonyl (C=O) groups excluding carboxylic acids is 2. The molecule has 30 heavy (non-hydrogen) atoms. The Hall–Kier alpha value is -2.54. The summed E-state index contributed by atoms with van der Waals surface area (Å²) in [6.45, 7) is 5.42. The summed E-state index contributed by atoms with van der Waals surface area (Å²) in [7, 11) is 0. The van der Waals surface area contributed by atoms with Crippen LogP contribution >= 0.6 is 15.9 Å². The summed E-state index contributed by atoms with van der Waals surface area (Å²) in [5.41, 5.74) is 1.41. The van der Waals surface area contributed by atoms with E-state index in [0.717, 1.165) is 16.5 Å². The average Bonchev–Trinajstić information content (AvgIpc) is 3.40. The third-order valence-corrected chi connectivity index (χ3v) is 6.24. The van der Waals surface area contributed by atoms with Gasteiger partial charge in [0.2, 0.25) is 12.7 Å². The molecule has 0 aromatic heterocycles. The van der Waals surface area contributed by atoms with Crippen molar-refractivity contribution in [2.24, 2.45) is 0 Å². The molecule has 0 radical (unpaired) electrons. The highest BCUT2D eigenvalue weighted by Crippen LogP contribution is 2.33. The number of nitrogens with zero attached hydrogens (tertiary/aromatic N) is 1. The largest absolute Gasteiger partial charge is 0.454 e. The van der Waals surface area contributed by atoms with Crippen molar-refractivity contribution in [1.82, 2.24) is 10.2 Å². The lowest BCUT2D eigenvalue weighted by Crippen LogP contribution is -2.48. The number of carbonyl (C=O) groups is 2. The summed E-state index contributed by atoms with van der Waals surface area (Å²) in [5.74, 6) is 0.940. The average molecular weight is 473 g/mol. The number of rotatable bonds is 5. The second kappa shape index (κ2) is 8.30. The van der Waals surface area contributed by atoms with Crippen molar-refractivity contribution in [2.75, 3.05) is 19.9 Å². The minimum atomic E-state index is -0.457. The van der Waals surface area contributed by atoms with Gasteiger partial charge in [-0.05, 0) is 48.7 Å². The van der Waals surface area contributed by atoms with Crippen LogP contribution in [-0.2, 0) is 10.2 Å². The van der Waals surface area contributed by atoms with Crippen LogP contribution in [0.15, 0.2) is 46.9 Å². The molecule has 0 saturated carbocycles. The fraction of sp³-hybridized carbons (Fsp3) is 0.391. The molecule has 0 aliphatic carbocycles. The monoisotopic (exact) mass is 472 g/mol. The first-order valence-electron chi connectivity index (χ1n) is 10.1. The fourth-order valence-corrected chi connectivity index (χ4v) is 4.31. The van der Waals surface area contributed by atoms with E-state index in [4.69, 9.17) is 9.47 Å². The molecular weight excluding hydrogens is 448 g/mol. The third kappa shape index (κ3) is 4.17. The van der Waals surface area contributed by atoms with Crippen molar-refractivity contribution in [3.8, 4) is 11.5 Å². The van der Waals surface area contributed by atoms with Gasteiger partial charge in [0, 0.05) is 28.5 Å². The molecule has 2 amide bonds. The van der Waals surface area contributed by atoms with E-state index in [2.05, 4.69) is 47.2 Å². The number of amides is 2. The Morgan fingerprint density at radius 2 is 1.97 bits per heavy atom. The Labute approximate surface area is 184 Å². The SMILES string of the molecule is CC(C)(CNC(=O)C1CCCN1C(=O)c1ccc2c(c1)OCO2)c1cccc(Br)c1. The van der Waals surface area contributed by atoms with Crippen LogP contribution in [0.1, 0.15) is 42.6 Å². The number of benzene rings is 2. The molecule has 2 aromatic rings. The minimum absolute atomic E-state index is 0.107. The lowest BCUT2D eigenvalue weighted by atomic mass is 9.84. The molecular formula is C23H25BrN2O4. The number of ether oxygens (including phenoxy) is 2. The van der Waals surface area contributed by atoms with E-state index in [1.807, 2.05) is 12.1 Å². The Kier molecular flexibility index (Phi) is 5.73. The lowest BCUT2D eigenvalue weighted by molar-refractivity contribution is -0.125. The lowest BCUT2D eigenvalue weighted by Gasteiger charge is -2.29. The molecule has 6 nitrogen and oxygen atoms in total. The molecule has 2 heterocycles. The highest BCUT2D eigenvalue weighted by molar-refractivity contribution is 9.10. The second-order valence-electron chi connectivity index (χ2n) is 8.34. The van der Waals surface area contributed by atoms with Gasteiger partial charge in [-0.25, -0.2) is 0 Å². The first-order valence-corrected chi connectivity index (χ1v) is 10.9. The maximum atomic E-state index is 13.1. The van der Waals surface area contributed by atoms with E-state index >= 15 is 0 Å². The Bertz CT molecular complexity index is 975. The van der Waals surface area contributed by atoms with Crippen LogP contribution in [-0.4, -0.2) is 42.6 Å². The molecule has 1 atom stereocenters. The summed E-state index contributed by atoms with van der Waals surface area (Å²) < 4.78 is 11.7. The number of hydrogen-bond acceptors (Lipinski definition) is 4. The van der Waals surface area contributed by atoms with Crippen molar-refractivity contribution in [3.05, 3.63) is 58.1 Å². The van der Waals surface area contributed by atoms with Crippen LogP contribution in [0.4, 0.5) is 0 Å². The summed E-state index contributed by atoms with van der Waals surface area (Å²) in [6, 6.07) is 12.8. The van der Waals surface area contributed by atoms with Gasteiger partial charge in [-0.2, -0.15) is 0 Å².